The molecule has 2 fully saturated rings. The number of pyridine rings is 1. The number of rotatable bonds is 5. The lowest BCUT2D eigenvalue weighted by Gasteiger charge is -2.27. The van der Waals surface area contributed by atoms with Gasteiger partial charge in [0.25, 0.3) is 5.91 Å². The molecule has 4 rings (SSSR count). The molecule has 166 valence electrons. The van der Waals surface area contributed by atoms with Gasteiger partial charge in [-0.25, -0.2) is 13.4 Å². The third-order valence-electron chi connectivity index (χ3n) is 5.64. The summed E-state index contributed by atoms with van der Waals surface area (Å²) in [6.45, 7) is 3.97. The van der Waals surface area contributed by atoms with Gasteiger partial charge in [-0.1, -0.05) is 18.9 Å². The third-order valence-corrected chi connectivity index (χ3v) is 7.53. The summed E-state index contributed by atoms with van der Waals surface area (Å²) >= 11 is 0. The van der Waals surface area contributed by atoms with Gasteiger partial charge in [0.2, 0.25) is 10.0 Å². The average molecular weight is 445 g/mol. The molecule has 0 unspecified atom stereocenters. The number of amides is 1. The molecule has 1 amide bonds. The summed E-state index contributed by atoms with van der Waals surface area (Å²) in [7, 11) is -3.57. The smallest absolute Gasteiger partial charge is 0.257 e. The fourth-order valence-electron chi connectivity index (χ4n) is 3.87. The van der Waals surface area contributed by atoms with Crippen molar-refractivity contribution in [3.05, 3.63) is 48.2 Å². The highest BCUT2D eigenvalue weighted by atomic mass is 32.2. The lowest BCUT2D eigenvalue weighted by atomic mass is 10.2. The maximum atomic E-state index is 13.0. The average Bonchev–Trinajstić information content (AvgIpc) is 3.10. The molecule has 2 aliphatic rings. The molecule has 8 nitrogen and oxygen atoms in total. The Labute approximate surface area is 183 Å². The fraction of sp³-hybridized carbons (Fsp3) is 0.455. The predicted molar refractivity (Wildman–Crippen MR) is 119 cm³/mol. The van der Waals surface area contributed by atoms with E-state index in [0.29, 0.717) is 37.6 Å². The van der Waals surface area contributed by atoms with Crippen molar-refractivity contribution in [1.29, 1.82) is 0 Å². The normalized spacial score (nSPS) is 18.4. The van der Waals surface area contributed by atoms with Gasteiger partial charge in [0.15, 0.2) is 0 Å². The van der Waals surface area contributed by atoms with Crippen LogP contribution in [0.1, 0.15) is 36.0 Å². The van der Waals surface area contributed by atoms with Crippen LogP contribution in [0.4, 0.5) is 11.5 Å². The van der Waals surface area contributed by atoms with Crippen LogP contribution < -0.4 is 10.2 Å². The topological polar surface area (TPSA) is 91.8 Å². The molecule has 31 heavy (non-hydrogen) atoms. The van der Waals surface area contributed by atoms with Crippen LogP contribution in [0.5, 0.6) is 0 Å². The number of carbonyl (C=O) groups is 1. The van der Waals surface area contributed by atoms with Gasteiger partial charge in [0.1, 0.15) is 5.82 Å². The van der Waals surface area contributed by atoms with Gasteiger partial charge in [0, 0.05) is 38.1 Å². The SMILES string of the molecule is O=C(Nc1cccc(S(=O)(=O)N2CCCCCC2)c1)c1ccc(N2CCOCC2)nc1. The second kappa shape index (κ2) is 9.76. The van der Waals surface area contributed by atoms with Crippen LogP contribution in [0.3, 0.4) is 0 Å². The number of anilines is 2. The molecule has 1 aromatic heterocycles. The van der Waals surface area contributed by atoms with Crippen molar-refractivity contribution in [3.63, 3.8) is 0 Å². The van der Waals surface area contributed by atoms with E-state index in [2.05, 4.69) is 15.2 Å². The van der Waals surface area contributed by atoms with Crippen LogP contribution in [0, 0.1) is 0 Å². The fourth-order valence-corrected chi connectivity index (χ4v) is 5.43. The molecule has 0 atom stereocenters. The molecular formula is C22H28N4O4S. The molecule has 0 aliphatic carbocycles. The van der Waals surface area contributed by atoms with Crippen molar-refractivity contribution in [3.8, 4) is 0 Å². The van der Waals surface area contributed by atoms with Gasteiger partial charge in [-0.2, -0.15) is 4.31 Å². The van der Waals surface area contributed by atoms with Gasteiger partial charge >= 0.3 is 0 Å². The molecule has 1 N–H and O–H groups in total. The zero-order valence-corrected chi connectivity index (χ0v) is 18.3. The zero-order chi connectivity index (χ0) is 21.7. The molecule has 3 heterocycles. The minimum absolute atomic E-state index is 0.202. The van der Waals surface area contributed by atoms with Crippen molar-refractivity contribution in [1.82, 2.24) is 9.29 Å². The van der Waals surface area contributed by atoms with Crippen LogP contribution in [0.15, 0.2) is 47.5 Å². The molecule has 1 aromatic carbocycles. The molecule has 2 saturated heterocycles. The summed E-state index contributed by atoms with van der Waals surface area (Å²) < 4.78 is 33.0. The van der Waals surface area contributed by atoms with Crippen molar-refractivity contribution >= 4 is 27.4 Å². The molecule has 2 aromatic rings. The van der Waals surface area contributed by atoms with Crippen LogP contribution in [-0.2, 0) is 14.8 Å². The molecule has 0 spiro atoms. The third kappa shape index (κ3) is 5.23. The molecule has 2 aliphatic heterocycles. The maximum Gasteiger partial charge on any atom is 0.257 e. The van der Waals surface area contributed by atoms with Crippen molar-refractivity contribution < 1.29 is 17.9 Å². The first-order valence-electron chi connectivity index (χ1n) is 10.7. The van der Waals surface area contributed by atoms with E-state index < -0.39 is 10.0 Å². The van der Waals surface area contributed by atoms with E-state index in [0.717, 1.165) is 44.6 Å². The van der Waals surface area contributed by atoms with Crippen LogP contribution in [0.25, 0.3) is 0 Å². The Morgan fingerprint density at radius 2 is 1.71 bits per heavy atom. The summed E-state index contributed by atoms with van der Waals surface area (Å²) in [6.07, 6.45) is 5.41. The van der Waals surface area contributed by atoms with Gasteiger partial charge in [0.05, 0.1) is 23.7 Å². The van der Waals surface area contributed by atoms with Crippen LogP contribution in [0.2, 0.25) is 0 Å². The van der Waals surface area contributed by atoms with Gasteiger partial charge in [-0.15, -0.1) is 0 Å². The minimum Gasteiger partial charge on any atom is -0.378 e. The monoisotopic (exact) mass is 444 g/mol. The number of ether oxygens (including phenoxy) is 1. The highest BCUT2D eigenvalue weighted by molar-refractivity contribution is 7.89. The van der Waals surface area contributed by atoms with Crippen LogP contribution in [-0.4, -0.2) is 63.0 Å². The van der Waals surface area contributed by atoms with E-state index in [1.54, 1.807) is 28.6 Å². The number of sulfonamides is 1. The van der Waals surface area contributed by atoms with E-state index in [1.165, 1.54) is 12.3 Å². The highest BCUT2D eigenvalue weighted by Crippen LogP contribution is 2.23. The van der Waals surface area contributed by atoms with Gasteiger partial charge in [-0.3, -0.25) is 4.79 Å². The summed E-state index contributed by atoms with van der Waals surface area (Å²) in [5.41, 5.74) is 0.857. The Balaban J connectivity index is 1.45. The standard InChI is InChI=1S/C22H28N4O4S/c27-22(18-8-9-21(23-17-18)25-12-14-30-15-13-25)24-19-6-5-7-20(16-19)31(28,29)26-10-3-1-2-4-11-26/h5-9,16-17H,1-4,10-15H2,(H,24,27). The van der Waals surface area contributed by atoms with Gasteiger partial charge in [-0.05, 0) is 43.2 Å². The lowest BCUT2D eigenvalue weighted by molar-refractivity contribution is 0.102. The highest BCUT2D eigenvalue weighted by Gasteiger charge is 2.25. The molecule has 0 bridgehead atoms. The Kier molecular flexibility index (Phi) is 6.84. The minimum atomic E-state index is -3.57. The van der Waals surface area contributed by atoms with Crippen LogP contribution >= 0.6 is 0 Å². The van der Waals surface area contributed by atoms with E-state index >= 15 is 0 Å². The second-order valence-electron chi connectivity index (χ2n) is 7.80. The zero-order valence-electron chi connectivity index (χ0n) is 17.5. The first-order chi connectivity index (χ1) is 15.0. The number of morpholine rings is 1. The Hall–Kier alpha value is -2.49. The Morgan fingerprint density at radius 3 is 2.39 bits per heavy atom. The largest absolute Gasteiger partial charge is 0.378 e. The number of nitrogens with one attached hydrogen (secondary N) is 1. The first-order valence-corrected chi connectivity index (χ1v) is 12.2. The number of hydrogen-bond donors (Lipinski definition) is 1. The molecule has 0 saturated carbocycles. The summed E-state index contributed by atoms with van der Waals surface area (Å²) in [5, 5.41) is 2.79. The quantitative estimate of drug-likeness (QED) is 0.763. The molecule has 9 heteroatoms. The number of benzene rings is 1. The van der Waals surface area contributed by atoms with E-state index in [4.69, 9.17) is 4.74 Å². The number of carbonyl (C=O) groups excluding carboxylic acids is 1. The van der Waals surface area contributed by atoms with Crippen molar-refractivity contribution in [2.24, 2.45) is 0 Å². The van der Waals surface area contributed by atoms with Gasteiger partial charge < -0.3 is 15.0 Å². The van der Waals surface area contributed by atoms with Crippen molar-refractivity contribution in [2.45, 2.75) is 30.6 Å². The Morgan fingerprint density at radius 1 is 0.968 bits per heavy atom. The summed E-state index contributed by atoms with van der Waals surface area (Å²) in [4.78, 5) is 19.4. The number of aromatic nitrogens is 1. The van der Waals surface area contributed by atoms with E-state index in [-0.39, 0.29) is 10.8 Å². The predicted octanol–water partition coefficient (Wildman–Crippen LogP) is 2.74. The van der Waals surface area contributed by atoms with E-state index in [9.17, 15) is 13.2 Å². The molecular weight excluding hydrogens is 416 g/mol. The maximum absolute atomic E-state index is 13.0. The van der Waals surface area contributed by atoms with E-state index in [1.807, 2.05) is 6.07 Å². The number of nitrogens with zero attached hydrogens (tertiary/aromatic N) is 3. The Bertz CT molecular complexity index is 996. The number of hydrogen-bond acceptors (Lipinski definition) is 6. The summed E-state index contributed by atoms with van der Waals surface area (Å²) in [5.74, 6) is 0.482. The first kappa shape index (κ1) is 21.7. The molecule has 0 radical (unpaired) electrons. The van der Waals surface area contributed by atoms with Crippen molar-refractivity contribution in [2.75, 3.05) is 49.6 Å². The lowest BCUT2D eigenvalue weighted by Crippen LogP contribution is -2.36. The summed E-state index contributed by atoms with van der Waals surface area (Å²) in [6, 6.07) is 9.99. The second-order valence-corrected chi connectivity index (χ2v) is 9.74.